The fourth-order valence-corrected chi connectivity index (χ4v) is 5.01. The van der Waals surface area contributed by atoms with Crippen molar-refractivity contribution in [3.63, 3.8) is 0 Å². The van der Waals surface area contributed by atoms with Crippen molar-refractivity contribution < 1.29 is 19.1 Å². The molecule has 2 unspecified atom stereocenters. The molecule has 5 rings (SSSR count). The lowest BCUT2D eigenvalue weighted by Crippen LogP contribution is -2.63. The second-order valence-electron chi connectivity index (χ2n) is 10.4. The van der Waals surface area contributed by atoms with E-state index < -0.39 is 6.04 Å². The molecule has 2 aromatic carbocycles. The minimum atomic E-state index is -0.692. The number of hydrogen-bond donors (Lipinski definition) is 2. The maximum atomic E-state index is 13.9. The van der Waals surface area contributed by atoms with Crippen LogP contribution in [-0.4, -0.2) is 59.2 Å². The molecule has 3 atom stereocenters. The van der Waals surface area contributed by atoms with E-state index in [0.29, 0.717) is 31.9 Å². The predicted octanol–water partition coefficient (Wildman–Crippen LogP) is 3.77. The Hall–Kier alpha value is -3.65. The van der Waals surface area contributed by atoms with Crippen LogP contribution >= 0.6 is 0 Å². The molecule has 8 nitrogen and oxygen atoms in total. The number of methoxy groups -OCH3 is 1. The monoisotopic (exact) mass is 516 g/mol. The number of ether oxygens (including phenoxy) is 2. The summed E-state index contributed by atoms with van der Waals surface area (Å²) in [4.78, 5) is 35.7. The number of imidazole rings is 1. The van der Waals surface area contributed by atoms with E-state index in [1.807, 2.05) is 41.3 Å². The van der Waals surface area contributed by atoms with Gasteiger partial charge in [0.05, 0.1) is 20.0 Å². The molecule has 2 fully saturated rings. The summed E-state index contributed by atoms with van der Waals surface area (Å²) in [6.07, 6.45) is 6.53. The highest BCUT2D eigenvalue weighted by Gasteiger charge is 2.46. The van der Waals surface area contributed by atoms with Crippen LogP contribution in [0.3, 0.4) is 0 Å². The Bertz CT molecular complexity index is 1220. The van der Waals surface area contributed by atoms with Crippen LogP contribution in [0.2, 0.25) is 0 Å². The Labute approximate surface area is 223 Å². The van der Waals surface area contributed by atoms with Crippen molar-refractivity contribution in [3.05, 3.63) is 83.4 Å². The quantitative estimate of drug-likeness (QED) is 0.382. The lowest BCUT2D eigenvalue weighted by Gasteiger charge is -2.49. The second kappa shape index (κ2) is 11.8. The SMILES string of the molecule is COc1ccc(CC(NC(=O)CCc2cnc[nH]2)C(=O)N2CC(c3ccccc3C)[C@@H]2OCC2CC2)cc1. The number of benzene rings is 2. The number of aryl methyl sites for hydroxylation is 2. The van der Waals surface area contributed by atoms with Gasteiger partial charge in [0.1, 0.15) is 18.0 Å². The summed E-state index contributed by atoms with van der Waals surface area (Å²) < 4.78 is 11.6. The van der Waals surface area contributed by atoms with Gasteiger partial charge in [-0.15, -0.1) is 0 Å². The topological polar surface area (TPSA) is 96.5 Å². The smallest absolute Gasteiger partial charge is 0.247 e. The molecule has 1 aromatic heterocycles. The fraction of sp³-hybridized carbons (Fsp3) is 0.433. The van der Waals surface area contributed by atoms with E-state index in [2.05, 4.69) is 34.3 Å². The van der Waals surface area contributed by atoms with E-state index in [4.69, 9.17) is 9.47 Å². The lowest BCUT2D eigenvalue weighted by atomic mass is 9.85. The van der Waals surface area contributed by atoms with Gasteiger partial charge in [-0.2, -0.15) is 0 Å². The number of amides is 2. The molecular formula is C30H36N4O4. The molecule has 0 spiro atoms. The predicted molar refractivity (Wildman–Crippen MR) is 144 cm³/mol. The first kappa shape index (κ1) is 26.0. The zero-order valence-corrected chi connectivity index (χ0v) is 22.1. The van der Waals surface area contributed by atoms with Crippen molar-refractivity contribution >= 4 is 11.8 Å². The summed E-state index contributed by atoms with van der Waals surface area (Å²) >= 11 is 0. The van der Waals surface area contributed by atoms with E-state index in [1.54, 1.807) is 19.6 Å². The first-order valence-electron chi connectivity index (χ1n) is 13.4. The summed E-state index contributed by atoms with van der Waals surface area (Å²) in [7, 11) is 1.62. The van der Waals surface area contributed by atoms with Crippen LogP contribution < -0.4 is 10.1 Å². The normalized spacial score (nSPS) is 19.5. The van der Waals surface area contributed by atoms with Gasteiger partial charge in [0.15, 0.2) is 0 Å². The molecule has 8 heteroatoms. The third kappa shape index (κ3) is 6.25. The molecule has 1 aliphatic heterocycles. The van der Waals surface area contributed by atoms with Crippen molar-refractivity contribution in [1.29, 1.82) is 0 Å². The molecule has 0 radical (unpaired) electrons. The molecule has 0 bridgehead atoms. The molecule has 1 saturated carbocycles. The summed E-state index contributed by atoms with van der Waals surface area (Å²) in [6.45, 7) is 3.34. The van der Waals surface area contributed by atoms with Crippen molar-refractivity contribution in [3.8, 4) is 5.75 Å². The Morgan fingerprint density at radius 1 is 1.16 bits per heavy atom. The maximum Gasteiger partial charge on any atom is 0.247 e. The van der Waals surface area contributed by atoms with Crippen LogP contribution in [0.25, 0.3) is 0 Å². The average molecular weight is 517 g/mol. The van der Waals surface area contributed by atoms with Crippen LogP contribution in [0.4, 0.5) is 0 Å². The summed E-state index contributed by atoms with van der Waals surface area (Å²) in [5, 5.41) is 3.02. The van der Waals surface area contributed by atoms with Crippen molar-refractivity contribution in [2.24, 2.45) is 5.92 Å². The zero-order valence-electron chi connectivity index (χ0n) is 22.1. The minimum absolute atomic E-state index is 0.110. The van der Waals surface area contributed by atoms with Gasteiger partial charge in [0, 0.05) is 37.2 Å². The number of nitrogens with one attached hydrogen (secondary N) is 2. The molecule has 2 heterocycles. The van der Waals surface area contributed by atoms with Crippen LogP contribution in [-0.2, 0) is 27.2 Å². The molecule has 1 aliphatic carbocycles. The van der Waals surface area contributed by atoms with E-state index >= 15 is 0 Å². The minimum Gasteiger partial charge on any atom is -0.497 e. The van der Waals surface area contributed by atoms with E-state index in [9.17, 15) is 9.59 Å². The molecule has 200 valence electrons. The molecule has 1 saturated heterocycles. The summed E-state index contributed by atoms with van der Waals surface area (Å²) in [6, 6.07) is 15.2. The number of aromatic amines is 1. The average Bonchev–Trinajstić information content (AvgIpc) is 3.59. The molecule has 38 heavy (non-hydrogen) atoms. The Morgan fingerprint density at radius 3 is 2.63 bits per heavy atom. The van der Waals surface area contributed by atoms with Gasteiger partial charge >= 0.3 is 0 Å². The first-order chi connectivity index (χ1) is 18.5. The van der Waals surface area contributed by atoms with E-state index in [-0.39, 0.29) is 30.4 Å². The van der Waals surface area contributed by atoms with Gasteiger partial charge in [-0.25, -0.2) is 4.98 Å². The van der Waals surface area contributed by atoms with E-state index in [1.165, 1.54) is 24.0 Å². The molecule has 2 N–H and O–H groups in total. The van der Waals surface area contributed by atoms with E-state index in [0.717, 1.165) is 17.0 Å². The highest BCUT2D eigenvalue weighted by molar-refractivity contribution is 5.88. The van der Waals surface area contributed by atoms with Gasteiger partial charge in [-0.05, 0) is 60.9 Å². The number of likely N-dealkylation sites (tertiary alicyclic amines) is 1. The van der Waals surface area contributed by atoms with Gasteiger partial charge in [-0.1, -0.05) is 36.4 Å². The van der Waals surface area contributed by atoms with Gasteiger partial charge < -0.3 is 24.7 Å². The number of nitrogens with zero attached hydrogens (tertiary/aromatic N) is 2. The van der Waals surface area contributed by atoms with Crippen molar-refractivity contribution in [2.45, 2.75) is 57.2 Å². The molecule has 2 aliphatic rings. The Morgan fingerprint density at radius 2 is 1.95 bits per heavy atom. The Kier molecular flexibility index (Phi) is 8.08. The number of H-pyrrole nitrogens is 1. The number of hydrogen-bond acceptors (Lipinski definition) is 5. The summed E-state index contributed by atoms with van der Waals surface area (Å²) in [5.74, 6) is 1.18. The van der Waals surface area contributed by atoms with Gasteiger partial charge in [0.25, 0.3) is 0 Å². The van der Waals surface area contributed by atoms with Crippen molar-refractivity contribution in [1.82, 2.24) is 20.2 Å². The Balaban J connectivity index is 1.32. The van der Waals surface area contributed by atoms with Gasteiger partial charge in [-0.3, -0.25) is 9.59 Å². The van der Waals surface area contributed by atoms with Crippen LogP contribution in [0.15, 0.2) is 61.1 Å². The number of carbonyl (C=O) groups is 2. The highest BCUT2D eigenvalue weighted by Crippen LogP contribution is 2.39. The zero-order chi connectivity index (χ0) is 26.5. The van der Waals surface area contributed by atoms with Crippen LogP contribution in [0, 0.1) is 12.8 Å². The van der Waals surface area contributed by atoms with Crippen LogP contribution in [0.1, 0.15) is 47.6 Å². The molecular weight excluding hydrogens is 480 g/mol. The van der Waals surface area contributed by atoms with Crippen LogP contribution in [0.5, 0.6) is 5.75 Å². The number of aromatic nitrogens is 2. The maximum absolute atomic E-state index is 13.9. The second-order valence-corrected chi connectivity index (χ2v) is 10.4. The van der Waals surface area contributed by atoms with Gasteiger partial charge in [0.2, 0.25) is 11.8 Å². The first-order valence-corrected chi connectivity index (χ1v) is 13.4. The lowest BCUT2D eigenvalue weighted by molar-refractivity contribution is -0.175. The molecule has 3 aromatic rings. The number of rotatable bonds is 12. The third-order valence-corrected chi connectivity index (χ3v) is 7.52. The standard InChI is InChI=1S/C30H36N4O4/c1-20-5-3-4-6-25(20)26-17-34(30(26)38-18-22-7-8-22)29(36)27(15-21-9-12-24(37-2)13-10-21)33-28(35)14-11-23-16-31-19-32-23/h3-6,9-10,12-13,16,19,22,26-27,30H,7-8,11,14-15,17-18H2,1-2H3,(H,31,32)(H,33,35)/t26?,27?,30-/m0/s1. The largest absolute Gasteiger partial charge is 0.497 e. The highest BCUT2D eigenvalue weighted by atomic mass is 16.5. The fourth-order valence-electron chi connectivity index (χ4n) is 5.01. The third-order valence-electron chi connectivity index (χ3n) is 7.52. The van der Waals surface area contributed by atoms with Crippen molar-refractivity contribution in [2.75, 3.05) is 20.3 Å². The molecule has 2 amide bonds. The number of carbonyl (C=O) groups excluding carboxylic acids is 2. The summed E-state index contributed by atoms with van der Waals surface area (Å²) in [5.41, 5.74) is 4.25.